The van der Waals surface area contributed by atoms with E-state index in [1.165, 1.54) is 37.7 Å². The summed E-state index contributed by atoms with van der Waals surface area (Å²) >= 11 is 0. The Hall–Kier alpha value is -2.20. The van der Waals surface area contributed by atoms with Crippen LogP contribution in [0.4, 0.5) is 4.39 Å². The summed E-state index contributed by atoms with van der Waals surface area (Å²) in [7, 11) is 0. The fourth-order valence-corrected chi connectivity index (χ4v) is 8.09. The molecule has 0 bridgehead atoms. The number of halogens is 1. The molecule has 3 nitrogen and oxygen atoms in total. The summed E-state index contributed by atoms with van der Waals surface area (Å²) in [4.78, 5) is 16.9. The Morgan fingerprint density at radius 1 is 1.05 bits per heavy atom. The monoisotopic (exact) mass is 518 g/mol. The summed E-state index contributed by atoms with van der Waals surface area (Å²) in [6, 6.07) is 16.7. The van der Waals surface area contributed by atoms with Crippen LogP contribution in [0.1, 0.15) is 94.7 Å². The fraction of sp³-hybridized carbons (Fsp3) is 0.618. The lowest BCUT2D eigenvalue weighted by Gasteiger charge is -2.47. The average molecular weight is 519 g/mol. The summed E-state index contributed by atoms with van der Waals surface area (Å²) in [5, 5.41) is 3.56. The normalized spacial score (nSPS) is 28.7. The van der Waals surface area contributed by atoms with Crippen molar-refractivity contribution in [2.24, 2.45) is 17.8 Å². The van der Waals surface area contributed by atoms with Gasteiger partial charge in [0.05, 0.1) is 5.92 Å². The highest BCUT2D eigenvalue weighted by atomic mass is 19.1. The van der Waals surface area contributed by atoms with Crippen LogP contribution in [0, 0.1) is 23.6 Å². The number of nitrogens with zero attached hydrogens (tertiary/aromatic N) is 1. The largest absolute Gasteiger partial charge is 0.339 e. The molecule has 1 aliphatic carbocycles. The molecule has 0 spiro atoms. The van der Waals surface area contributed by atoms with E-state index in [9.17, 15) is 4.79 Å². The molecule has 0 aromatic heterocycles. The fourth-order valence-electron chi connectivity index (χ4n) is 8.09. The summed E-state index contributed by atoms with van der Waals surface area (Å²) in [6.45, 7) is 8.65. The molecule has 0 radical (unpaired) electrons. The van der Waals surface area contributed by atoms with Crippen molar-refractivity contribution in [2.45, 2.75) is 95.9 Å². The summed E-state index contributed by atoms with van der Waals surface area (Å²) in [5.74, 6) is 1.41. The SMILES string of the molecule is CC[C@@]1(c2c(F)cccc2CC(C)C)CNCC1C(=O)N1CC[C@@H](c2ccccc2)C[C@H]1C1CCCCC1. The van der Waals surface area contributed by atoms with Gasteiger partial charge in [0.25, 0.3) is 0 Å². The van der Waals surface area contributed by atoms with E-state index in [1.54, 1.807) is 6.07 Å². The summed E-state index contributed by atoms with van der Waals surface area (Å²) < 4.78 is 15.7. The van der Waals surface area contributed by atoms with Gasteiger partial charge in [-0.3, -0.25) is 4.79 Å². The van der Waals surface area contributed by atoms with Crippen LogP contribution >= 0.6 is 0 Å². The third-order valence-electron chi connectivity index (χ3n) is 10.0. The molecule has 2 aromatic carbocycles. The van der Waals surface area contributed by atoms with Crippen molar-refractivity contribution < 1.29 is 9.18 Å². The van der Waals surface area contributed by atoms with E-state index >= 15 is 4.39 Å². The molecule has 1 amide bonds. The van der Waals surface area contributed by atoms with Gasteiger partial charge in [-0.15, -0.1) is 0 Å². The minimum Gasteiger partial charge on any atom is -0.339 e. The summed E-state index contributed by atoms with van der Waals surface area (Å²) in [6.07, 6.45) is 9.98. The van der Waals surface area contributed by atoms with Crippen molar-refractivity contribution >= 4 is 5.91 Å². The van der Waals surface area contributed by atoms with Crippen LogP contribution in [0.5, 0.6) is 0 Å². The van der Waals surface area contributed by atoms with Crippen molar-refractivity contribution in [2.75, 3.05) is 19.6 Å². The third-order valence-corrected chi connectivity index (χ3v) is 10.0. The molecule has 4 atom stereocenters. The van der Waals surface area contributed by atoms with Gasteiger partial charge in [0.2, 0.25) is 5.91 Å². The highest BCUT2D eigenvalue weighted by Crippen LogP contribution is 2.46. The molecule has 38 heavy (non-hydrogen) atoms. The smallest absolute Gasteiger partial charge is 0.228 e. The number of hydrogen-bond acceptors (Lipinski definition) is 2. The first-order valence-electron chi connectivity index (χ1n) is 15.3. The zero-order valence-corrected chi connectivity index (χ0v) is 23.7. The van der Waals surface area contributed by atoms with Gasteiger partial charge in [0.15, 0.2) is 0 Å². The van der Waals surface area contributed by atoms with Crippen LogP contribution in [-0.4, -0.2) is 36.5 Å². The number of piperidine rings is 1. The van der Waals surface area contributed by atoms with Crippen LogP contribution in [0.2, 0.25) is 0 Å². The molecule has 206 valence electrons. The topological polar surface area (TPSA) is 32.3 Å². The predicted molar refractivity (Wildman–Crippen MR) is 154 cm³/mol. The molecule has 1 N–H and O–H groups in total. The number of carbonyl (C=O) groups excluding carboxylic acids is 1. The second kappa shape index (κ2) is 11.9. The van der Waals surface area contributed by atoms with Crippen LogP contribution in [-0.2, 0) is 16.6 Å². The molecule has 2 saturated heterocycles. The Bertz CT molecular complexity index is 1080. The van der Waals surface area contributed by atoms with Gasteiger partial charge in [-0.25, -0.2) is 4.39 Å². The van der Waals surface area contributed by atoms with Crippen LogP contribution in [0.15, 0.2) is 48.5 Å². The lowest BCUT2D eigenvalue weighted by atomic mass is 9.67. The first-order valence-corrected chi connectivity index (χ1v) is 15.3. The van der Waals surface area contributed by atoms with Crippen molar-refractivity contribution in [1.29, 1.82) is 0 Å². The van der Waals surface area contributed by atoms with Crippen molar-refractivity contribution in [3.05, 3.63) is 71.0 Å². The number of hydrogen-bond donors (Lipinski definition) is 1. The van der Waals surface area contributed by atoms with Gasteiger partial charge >= 0.3 is 0 Å². The second-order valence-electron chi connectivity index (χ2n) is 12.7. The van der Waals surface area contributed by atoms with E-state index < -0.39 is 5.41 Å². The Labute approximate surface area is 229 Å². The molecule has 1 unspecified atom stereocenters. The second-order valence-corrected chi connectivity index (χ2v) is 12.7. The van der Waals surface area contributed by atoms with E-state index in [2.05, 4.69) is 67.4 Å². The molecule has 2 aliphatic heterocycles. The zero-order chi connectivity index (χ0) is 26.7. The van der Waals surface area contributed by atoms with Gasteiger partial charge in [-0.05, 0) is 79.0 Å². The Balaban J connectivity index is 1.48. The number of rotatable bonds is 7. The Kier molecular flexibility index (Phi) is 8.57. The number of likely N-dealkylation sites (tertiary alicyclic amines) is 1. The van der Waals surface area contributed by atoms with Crippen molar-refractivity contribution in [3.8, 4) is 0 Å². The minimum absolute atomic E-state index is 0.141. The lowest BCUT2D eigenvalue weighted by molar-refractivity contribution is -0.142. The van der Waals surface area contributed by atoms with Crippen LogP contribution in [0.3, 0.4) is 0 Å². The summed E-state index contributed by atoms with van der Waals surface area (Å²) in [5.41, 5.74) is 2.79. The average Bonchev–Trinajstić information content (AvgIpc) is 3.38. The zero-order valence-electron chi connectivity index (χ0n) is 23.7. The number of nitrogens with one attached hydrogen (secondary N) is 1. The lowest BCUT2D eigenvalue weighted by Crippen LogP contribution is -2.55. The van der Waals surface area contributed by atoms with E-state index in [4.69, 9.17) is 0 Å². The quantitative estimate of drug-likeness (QED) is 0.419. The minimum atomic E-state index is -0.500. The number of benzene rings is 2. The Morgan fingerprint density at radius 3 is 2.53 bits per heavy atom. The van der Waals surface area contributed by atoms with Gasteiger partial charge in [0, 0.05) is 31.1 Å². The third kappa shape index (κ3) is 5.30. The molecule has 3 aliphatic rings. The molecule has 5 rings (SSSR count). The Morgan fingerprint density at radius 2 is 1.82 bits per heavy atom. The first-order chi connectivity index (χ1) is 18.4. The molecule has 3 fully saturated rings. The van der Waals surface area contributed by atoms with Crippen molar-refractivity contribution in [3.63, 3.8) is 0 Å². The van der Waals surface area contributed by atoms with Gasteiger partial charge in [0.1, 0.15) is 5.82 Å². The van der Waals surface area contributed by atoms with E-state index in [-0.39, 0.29) is 23.7 Å². The molecule has 1 saturated carbocycles. The van der Waals surface area contributed by atoms with E-state index in [1.807, 2.05) is 6.07 Å². The van der Waals surface area contributed by atoms with E-state index in [0.29, 0.717) is 30.8 Å². The maximum Gasteiger partial charge on any atom is 0.228 e. The molecular weight excluding hydrogens is 471 g/mol. The van der Waals surface area contributed by atoms with Crippen LogP contribution in [0.25, 0.3) is 0 Å². The van der Waals surface area contributed by atoms with Gasteiger partial charge in [-0.2, -0.15) is 0 Å². The van der Waals surface area contributed by atoms with E-state index in [0.717, 1.165) is 43.4 Å². The predicted octanol–water partition coefficient (Wildman–Crippen LogP) is 7.25. The standard InChI is InChI=1S/C34H47FN2O/c1-4-34(32-28(20-24(2)3)16-11-17-30(32)35)23-36-22-29(34)33(38)37-19-18-27(25-12-7-5-8-13-25)21-31(37)26-14-9-6-10-15-26/h5,7-8,11-13,16-17,24,26-27,29,31,36H,4,6,9-10,14-15,18-23H2,1-3H3/t27-,29?,31+,34-/m1/s1. The maximum atomic E-state index is 15.7. The molecule has 4 heteroatoms. The maximum absolute atomic E-state index is 15.7. The first kappa shape index (κ1) is 27.4. The number of amides is 1. The number of carbonyl (C=O) groups is 1. The molecular formula is C34H47FN2O. The van der Waals surface area contributed by atoms with Crippen LogP contribution < -0.4 is 5.32 Å². The van der Waals surface area contributed by atoms with Gasteiger partial charge in [-0.1, -0.05) is 82.5 Å². The van der Waals surface area contributed by atoms with Gasteiger partial charge < -0.3 is 10.2 Å². The van der Waals surface area contributed by atoms with Crippen molar-refractivity contribution in [1.82, 2.24) is 10.2 Å². The molecule has 2 aromatic rings. The highest BCUT2D eigenvalue weighted by Gasteiger charge is 2.52. The highest BCUT2D eigenvalue weighted by molar-refractivity contribution is 5.82. The molecule has 2 heterocycles.